The standard InChI is InChI=1S/C18H24F3NO/c1-13-16(3-2-4-17(13)18(19,20)21)14-5-9-22(10-6-14)15-7-11-23-12-8-15/h2-4,14-15H,5-12H2,1H3. The topological polar surface area (TPSA) is 12.5 Å². The summed E-state index contributed by atoms with van der Waals surface area (Å²) in [4.78, 5) is 2.50. The van der Waals surface area contributed by atoms with Gasteiger partial charge in [0, 0.05) is 19.3 Å². The Morgan fingerprint density at radius 1 is 1.04 bits per heavy atom. The Labute approximate surface area is 135 Å². The number of alkyl halides is 3. The van der Waals surface area contributed by atoms with Crippen LogP contribution in [0.1, 0.15) is 48.3 Å². The molecule has 2 aliphatic rings. The highest BCUT2D eigenvalue weighted by Crippen LogP contribution is 2.38. The Hall–Kier alpha value is -1.07. The van der Waals surface area contributed by atoms with E-state index in [0.717, 1.165) is 57.6 Å². The van der Waals surface area contributed by atoms with Crippen LogP contribution in [0.25, 0.3) is 0 Å². The molecule has 5 heteroatoms. The molecule has 0 unspecified atom stereocenters. The predicted octanol–water partition coefficient (Wildman–Crippen LogP) is 4.37. The van der Waals surface area contributed by atoms with Crippen molar-refractivity contribution in [2.45, 2.75) is 50.7 Å². The predicted molar refractivity (Wildman–Crippen MR) is 83.6 cm³/mol. The second-order valence-electron chi connectivity index (χ2n) is 6.67. The quantitative estimate of drug-likeness (QED) is 0.800. The lowest BCUT2D eigenvalue weighted by Crippen LogP contribution is -2.43. The molecule has 2 fully saturated rings. The summed E-state index contributed by atoms with van der Waals surface area (Å²) in [6.07, 6.45) is -0.220. The maximum absolute atomic E-state index is 13.1. The number of hydrogen-bond acceptors (Lipinski definition) is 2. The van der Waals surface area contributed by atoms with Crippen molar-refractivity contribution in [3.63, 3.8) is 0 Å². The molecule has 2 saturated heterocycles. The summed E-state index contributed by atoms with van der Waals surface area (Å²) < 4.78 is 44.7. The van der Waals surface area contributed by atoms with Gasteiger partial charge in [0.2, 0.25) is 0 Å². The van der Waals surface area contributed by atoms with Crippen LogP contribution in [-0.4, -0.2) is 37.2 Å². The summed E-state index contributed by atoms with van der Waals surface area (Å²) >= 11 is 0. The molecule has 128 valence electrons. The molecule has 2 heterocycles. The van der Waals surface area contributed by atoms with Gasteiger partial charge >= 0.3 is 6.18 Å². The molecule has 0 saturated carbocycles. The zero-order valence-electron chi connectivity index (χ0n) is 13.5. The van der Waals surface area contributed by atoms with Crippen LogP contribution in [0.3, 0.4) is 0 Å². The molecule has 2 aliphatic heterocycles. The van der Waals surface area contributed by atoms with Gasteiger partial charge in [-0.3, -0.25) is 0 Å². The highest BCUT2D eigenvalue weighted by atomic mass is 19.4. The number of benzene rings is 1. The van der Waals surface area contributed by atoms with Gasteiger partial charge in [0.1, 0.15) is 0 Å². The summed E-state index contributed by atoms with van der Waals surface area (Å²) in [6, 6.07) is 5.21. The van der Waals surface area contributed by atoms with Crippen LogP contribution in [-0.2, 0) is 10.9 Å². The molecule has 23 heavy (non-hydrogen) atoms. The van der Waals surface area contributed by atoms with Crippen molar-refractivity contribution >= 4 is 0 Å². The van der Waals surface area contributed by atoms with Crippen molar-refractivity contribution < 1.29 is 17.9 Å². The van der Waals surface area contributed by atoms with Gasteiger partial charge in [-0.05, 0) is 68.8 Å². The molecular formula is C18H24F3NO. The molecule has 0 atom stereocenters. The Kier molecular flexibility index (Phi) is 4.97. The number of nitrogens with zero attached hydrogens (tertiary/aromatic N) is 1. The van der Waals surface area contributed by atoms with Gasteiger partial charge in [0.15, 0.2) is 0 Å². The molecule has 2 nitrogen and oxygen atoms in total. The maximum Gasteiger partial charge on any atom is 0.416 e. The molecule has 0 spiro atoms. The average molecular weight is 327 g/mol. The molecule has 0 bridgehead atoms. The number of ether oxygens (including phenoxy) is 1. The number of rotatable bonds is 2. The highest BCUT2D eigenvalue weighted by Gasteiger charge is 2.34. The number of piperidine rings is 1. The van der Waals surface area contributed by atoms with E-state index < -0.39 is 11.7 Å². The van der Waals surface area contributed by atoms with Crippen LogP contribution < -0.4 is 0 Å². The summed E-state index contributed by atoms with van der Waals surface area (Å²) in [5.74, 6) is 0.244. The van der Waals surface area contributed by atoms with Gasteiger partial charge in [-0.1, -0.05) is 12.1 Å². The number of halogens is 3. The fourth-order valence-electron chi connectivity index (χ4n) is 4.03. The first kappa shape index (κ1) is 16.8. The number of likely N-dealkylation sites (tertiary alicyclic amines) is 1. The summed E-state index contributed by atoms with van der Waals surface area (Å²) in [6.45, 7) is 5.23. The maximum atomic E-state index is 13.1. The van der Waals surface area contributed by atoms with Gasteiger partial charge in [-0.15, -0.1) is 0 Å². The van der Waals surface area contributed by atoms with E-state index in [1.807, 2.05) is 6.07 Å². The first-order valence-electron chi connectivity index (χ1n) is 8.45. The molecular weight excluding hydrogens is 303 g/mol. The van der Waals surface area contributed by atoms with Crippen LogP contribution >= 0.6 is 0 Å². The largest absolute Gasteiger partial charge is 0.416 e. The Bertz CT molecular complexity index is 530. The second kappa shape index (κ2) is 6.81. The van der Waals surface area contributed by atoms with Crippen molar-refractivity contribution in [2.75, 3.05) is 26.3 Å². The molecule has 1 aromatic rings. The van der Waals surface area contributed by atoms with E-state index in [0.29, 0.717) is 11.6 Å². The SMILES string of the molecule is Cc1c(C2CCN(C3CCOCC3)CC2)cccc1C(F)(F)F. The van der Waals surface area contributed by atoms with E-state index in [-0.39, 0.29) is 5.92 Å². The lowest BCUT2D eigenvalue weighted by molar-refractivity contribution is -0.138. The smallest absolute Gasteiger partial charge is 0.381 e. The van der Waals surface area contributed by atoms with E-state index in [1.54, 1.807) is 13.0 Å². The Morgan fingerprint density at radius 2 is 1.70 bits per heavy atom. The second-order valence-corrected chi connectivity index (χ2v) is 6.67. The van der Waals surface area contributed by atoms with Crippen LogP contribution in [0.2, 0.25) is 0 Å². The minimum atomic E-state index is -4.26. The van der Waals surface area contributed by atoms with E-state index in [1.165, 1.54) is 6.07 Å². The van der Waals surface area contributed by atoms with Crippen LogP contribution in [0, 0.1) is 6.92 Å². The van der Waals surface area contributed by atoms with Crippen molar-refractivity contribution in [2.24, 2.45) is 0 Å². The monoisotopic (exact) mass is 327 g/mol. The van der Waals surface area contributed by atoms with Gasteiger partial charge in [-0.25, -0.2) is 0 Å². The lowest BCUT2D eigenvalue weighted by Gasteiger charge is -2.39. The van der Waals surface area contributed by atoms with E-state index in [9.17, 15) is 13.2 Å². The van der Waals surface area contributed by atoms with Gasteiger partial charge in [0.25, 0.3) is 0 Å². The minimum absolute atomic E-state index is 0.244. The molecule has 0 amide bonds. The third-order valence-corrected chi connectivity index (χ3v) is 5.36. The molecule has 0 aromatic heterocycles. The molecule has 1 aromatic carbocycles. The first-order chi connectivity index (χ1) is 11.0. The van der Waals surface area contributed by atoms with Gasteiger partial charge in [-0.2, -0.15) is 13.2 Å². The third-order valence-electron chi connectivity index (χ3n) is 5.36. The first-order valence-corrected chi connectivity index (χ1v) is 8.45. The molecule has 0 N–H and O–H groups in total. The molecule has 3 rings (SSSR count). The van der Waals surface area contributed by atoms with Gasteiger partial charge in [0.05, 0.1) is 5.56 Å². The van der Waals surface area contributed by atoms with Crippen molar-refractivity contribution in [1.29, 1.82) is 0 Å². The molecule has 0 aliphatic carbocycles. The highest BCUT2D eigenvalue weighted by molar-refractivity contribution is 5.38. The third kappa shape index (κ3) is 3.72. The Balaban J connectivity index is 1.68. The zero-order valence-corrected chi connectivity index (χ0v) is 13.5. The molecule has 0 radical (unpaired) electrons. The fourth-order valence-corrected chi connectivity index (χ4v) is 4.03. The van der Waals surface area contributed by atoms with Crippen molar-refractivity contribution in [3.8, 4) is 0 Å². The minimum Gasteiger partial charge on any atom is -0.381 e. The van der Waals surface area contributed by atoms with Crippen molar-refractivity contribution in [1.82, 2.24) is 4.90 Å². The normalized spacial score (nSPS) is 22.4. The summed E-state index contributed by atoms with van der Waals surface area (Å²) in [7, 11) is 0. The van der Waals surface area contributed by atoms with Crippen LogP contribution in [0.4, 0.5) is 13.2 Å². The van der Waals surface area contributed by atoms with E-state index in [2.05, 4.69) is 4.90 Å². The lowest BCUT2D eigenvalue weighted by atomic mass is 9.84. The van der Waals surface area contributed by atoms with Crippen LogP contribution in [0.5, 0.6) is 0 Å². The fraction of sp³-hybridized carbons (Fsp3) is 0.667. The number of hydrogen-bond donors (Lipinski definition) is 0. The summed E-state index contributed by atoms with van der Waals surface area (Å²) in [5, 5.41) is 0. The van der Waals surface area contributed by atoms with Gasteiger partial charge < -0.3 is 9.64 Å². The van der Waals surface area contributed by atoms with Crippen LogP contribution in [0.15, 0.2) is 18.2 Å². The average Bonchev–Trinajstić information content (AvgIpc) is 2.55. The Morgan fingerprint density at radius 3 is 2.30 bits per heavy atom. The van der Waals surface area contributed by atoms with E-state index >= 15 is 0 Å². The van der Waals surface area contributed by atoms with E-state index in [4.69, 9.17) is 4.74 Å². The van der Waals surface area contributed by atoms with Crippen molar-refractivity contribution in [3.05, 3.63) is 34.9 Å². The summed E-state index contributed by atoms with van der Waals surface area (Å²) in [5.41, 5.74) is 0.804. The zero-order chi connectivity index (χ0) is 16.4.